The van der Waals surface area contributed by atoms with E-state index >= 15 is 0 Å². The number of hydrogen-bond donors (Lipinski definition) is 0. The predicted molar refractivity (Wildman–Crippen MR) is 66.3 cm³/mol. The maximum atomic E-state index is 5.61. The standard InChI is InChI=1S/C12H17N3O2/c1-14(2)8-9-17-12-13-10-6-4-5-7-11(10)15(12)16-3/h4-7H,8-9H2,1-3H3. The third-order valence-corrected chi connectivity index (χ3v) is 2.44. The SMILES string of the molecule is COn1c(OCCN(C)C)nc2ccccc21. The maximum Gasteiger partial charge on any atom is 0.331 e. The topological polar surface area (TPSA) is 39.5 Å². The van der Waals surface area contributed by atoms with Gasteiger partial charge in [0, 0.05) is 6.54 Å². The van der Waals surface area contributed by atoms with Crippen LogP contribution >= 0.6 is 0 Å². The van der Waals surface area contributed by atoms with Crippen molar-refractivity contribution in [1.82, 2.24) is 14.6 Å². The normalized spacial score (nSPS) is 11.1. The third kappa shape index (κ3) is 2.50. The number of imidazole rings is 1. The minimum absolute atomic E-state index is 0.496. The number of hydrogen-bond acceptors (Lipinski definition) is 4. The quantitative estimate of drug-likeness (QED) is 0.776. The fraction of sp³-hybridized carbons (Fsp3) is 0.417. The number of para-hydroxylation sites is 2. The molecule has 5 heteroatoms. The van der Waals surface area contributed by atoms with Gasteiger partial charge >= 0.3 is 6.01 Å². The number of rotatable bonds is 5. The second-order valence-electron chi connectivity index (χ2n) is 4.01. The van der Waals surface area contributed by atoms with Crippen molar-refractivity contribution in [3.8, 4) is 6.01 Å². The Kier molecular flexibility index (Phi) is 3.49. The Morgan fingerprint density at radius 2 is 2.06 bits per heavy atom. The average molecular weight is 235 g/mol. The van der Waals surface area contributed by atoms with Gasteiger partial charge in [0.15, 0.2) is 0 Å². The van der Waals surface area contributed by atoms with Crippen LogP contribution in [0, 0.1) is 0 Å². The lowest BCUT2D eigenvalue weighted by atomic mass is 10.3. The van der Waals surface area contributed by atoms with Gasteiger partial charge in [0.2, 0.25) is 0 Å². The summed E-state index contributed by atoms with van der Waals surface area (Å²) in [5.74, 6) is 0. The first-order valence-corrected chi connectivity index (χ1v) is 5.52. The van der Waals surface area contributed by atoms with Gasteiger partial charge in [-0.05, 0) is 26.2 Å². The number of nitrogens with zero attached hydrogens (tertiary/aromatic N) is 3. The molecule has 17 heavy (non-hydrogen) atoms. The molecule has 0 amide bonds. The zero-order chi connectivity index (χ0) is 12.3. The van der Waals surface area contributed by atoms with E-state index in [1.165, 1.54) is 0 Å². The van der Waals surface area contributed by atoms with Gasteiger partial charge in [-0.15, -0.1) is 4.73 Å². The van der Waals surface area contributed by atoms with Gasteiger partial charge in [0.1, 0.15) is 19.2 Å². The molecule has 0 spiro atoms. The lowest BCUT2D eigenvalue weighted by Gasteiger charge is -2.11. The molecule has 0 N–H and O–H groups in total. The van der Waals surface area contributed by atoms with Gasteiger partial charge in [-0.25, -0.2) is 0 Å². The van der Waals surface area contributed by atoms with Crippen LogP contribution in [-0.4, -0.2) is 49.0 Å². The fourth-order valence-corrected chi connectivity index (χ4v) is 1.57. The molecule has 0 fully saturated rings. The zero-order valence-corrected chi connectivity index (χ0v) is 10.4. The smallest absolute Gasteiger partial charge is 0.331 e. The Hall–Kier alpha value is -1.75. The van der Waals surface area contributed by atoms with Crippen LogP contribution in [0.25, 0.3) is 11.0 Å². The number of likely N-dealkylation sites (N-methyl/N-ethyl adjacent to an activating group) is 1. The van der Waals surface area contributed by atoms with E-state index < -0.39 is 0 Å². The number of fused-ring (bicyclic) bond motifs is 1. The van der Waals surface area contributed by atoms with Crippen molar-refractivity contribution in [1.29, 1.82) is 0 Å². The monoisotopic (exact) mass is 235 g/mol. The highest BCUT2D eigenvalue weighted by molar-refractivity contribution is 5.76. The van der Waals surface area contributed by atoms with Gasteiger partial charge in [0.05, 0.1) is 5.52 Å². The third-order valence-electron chi connectivity index (χ3n) is 2.44. The van der Waals surface area contributed by atoms with Crippen LogP contribution in [0.5, 0.6) is 6.01 Å². The molecule has 2 rings (SSSR count). The Morgan fingerprint density at radius 3 is 2.76 bits per heavy atom. The summed E-state index contributed by atoms with van der Waals surface area (Å²) in [7, 11) is 5.61. The molecule has 1 aromatic heterocycles. The lowest BCUT2D eigenvalue weighted by molar-refractivity contribution is 0.129. The van der Waals surface area contributed by atoms with Crippen LogP contribution in [0.3, 0.4) is 0 Å². The molecule has 92 valence electrons. The fourth-order valence-electron chi connectivity index (χ4n) is 1.57. The second kappa shape index (κ2) is 5.05. The first-order chi connectivity index (χ1) is 8.22. The molecule has 1 heterocycles. The Morgan fingerprint density at radius 1 is 1.29 bits per heavy atom. The average Bonchev–Trinajstić information content (AvgIpc) is 2.66. The molecule has 0 aliphatic carbocycles. The van der Waals surface area contributed by atoms with Crippen molar-refractivity contribution in [3.05, 3.63) is 24.3 Å². The highest BCUT2D eigenvalue weighted by atomic mass is 16.7. The van der Waals surface area contributed by atoms with Crippen LogP contribution < -0.4 is 9.57 Å². The predicted octanol–water partition coefficient (Wildman–Crippen LogP) is 1.04. The van der Waals surface area contributed by atoms with Gasteiger partial charge < -0.3 is 14.5 Å². The van der Waals surface area contributed by atoms with Gasteiger partial charge in [-0.2, -0.15) is 4.98 Å². The maximum absolute atomic E-state index is 5.61. The van der Waals surface area contributed by atoms with E-state index in [1.54, 1.807) is 11.8 Å². The van der Waals surface area contributed by atoms with E-state index in [4.69, 9.17) is 9.57 Å². The summed E-state index contributed by atoms with van der Waals surface area (Å²) >= 11 is 0. The molecule has 2 aromatic rings. The minimum Gasteiger partial charge on any atom is -0.461 e. The number of ether oxygens (including phenoxy) is 1. The molecule has 0 radical (unpaired) electrons. The minimum atomic E-state index is 0.496. The number of aromatic nitrogens is 2. The van der Waals surface area contributed by atoms with Gasteiger partial charge in [0.25, 0.3) is 0 Å². The Labute approximate surface area is 101 Å². The highest BCUT2D eigenvalue weighted by Gasteiger charge is 2.11. The van der Waals surface area contributed by atoms with Crippen LogP contribution in [0.4, 0.5) is 0 Å². The molecule has 0 unspecified atom stereocenters. The molecule has 0 saturated carbocycles. The van der Waals surface area contributed by atoms with Crippen molar-refractivity contribution < 1.29 is 9.57 Å². The molecule has 5 nitrogen and oxygen atoms in total. The first kappa shape index (κ1) is 11.7. The molecule has 0 aliphatic heterocycles. The van der Waals surface area contributed by atoms with Gasteiger partial charge in [-0.3, -0.25) is 0 Å². The first-order valence-electron chi connectivity index (χ1n) is 5.52. The van der Waals surface area contributed by atoms with Crippen LogP contribution in [0.15, 0.2) is 24.3 Å². The van der Waals surface area contributed by atoms with Crippen molar-refractivity contribution in [2.24, 2.45) is 0 Å². The summed E-state index contributed by atoms with van der Waals surface area (Å²) < 4.78 is 7.21. The van der Waals surface area contributed by atoms with Crippen molar-refractivity contribution in [3.63, 3.8) is 0 Å². The van der Waals surface area contributed by atoms with E-state index in [1.807, 2.05) is 38.4 Å². The molecule has 1 aromatic carbocycles. The molecular weight excluding hydrogens is 218 g/mol. The summed E-state index contributed by atoms with van der Waals surface area (Å²) in [5, 5.41) is 0. The summed E-state index contributed by atoms with van der Waals surface area (Å²) in [6.07, 6.45) is 0. The summed E-state index contributed by atoms with van der Waals surface area (Å²) in [6, 6.07) is 8.27. The van der Waals surface area contributed by atoms with E-state index in [0.29, 0.717) is 12.6 Å². The van der Waals surface area contributed by atoms with Crippen LogP contribution in [0.2, 0.25) is 0 Å². The van der Waals surface area contributed by atoms with Crippen LogP contribution in [-0.2, 0) is 0 Å². The highest BCUT2D eigenvalue weighted by Crippen LogP contribution is 2.19. The molecular formula is C12H17N3O2. The Balaban J connectivity index is 2.21. The lowest BCUT2D eigenvalue weighted by Crippen LogP contribution is -2.21. The summed E-state index contributed by atoms with van der Waals surface area (Å²) in [6.45, 7) is 1.42. The zero-order valence-electron chi connectivity index (χ0n) is 10.4. The summed E-state index contributed by atoms with van der Waals surface area (Å²) in [5.41, 5.74) is 1.78. The largest absolute Gasteiger partial charge is 0.461 e. The molecule has 0 aliphatic rings. The second-order valence-corrected chi connectivity index (χ2v) is 4.01. The van der Waals surface area contributed by atoms with E-state index in [0.717, 1.165) is 17.6 Å². The number of benzene rings is 1. The van der Waals surface area contributed by atoms with Crippen LogP contribution in [0.1, 0.15) is 0 Å². The summed E-state index contributed by atoms with van der Waals surface area (Å²) in [4.78, 5) is 11.7. The van der Waals surface area contributed by atoms with E-state index in [2.05, 4.69) is 9.88 Å². The van der Waals surface area contributed by atoms with Crippen molar-refractivity contribution in [2.45, 2.75) is 0 Å². The Bertz CT molecular complexity index is 493. The molecule has 0 atom stereocenters. The van der Waals surface area contributed by atoms with Crippen molar-refractivity contribution in [2.75, 3.05) is 34.4 Å². The van der Waals surface area contributed by atoms with E-state index in [9.17, 15) is 0 Å². The van der Waals surface area contributed by atoms with Gasteiger partial charge in [-0.1, -0.05) is 12.1 Å². The molecule has 0 bridgehead atoms. The van der Waals surface area contributed by atoms with Crippen molar-refractivity contribution >= 4 is 11.0 Å². The molecule has 0 saturated heterocycles. The van der Waals surface area contributed by atoms with E-state index in [-0.39, 0.29) is 0 Å².